The number of carbonyl (C=O) groups is 1. The fourth-order valence-corrected chi connectivity index (χ4v) is 1.90. The molecule has 0 atom stereocenters. The first-order valence-corrected chi connectivity index (χ1v) is 7.01. The summed E-state index contributed by atoms with van der Waals surface area (Å²) in [7, 11) is -3.27. The Morgan fingerprint density at radius 1 is 1.44 bits per heavy atom. The van der Waals surface area contributed by atoms with Gasteiger partial charge in [0.05, 0.1) is 4.90 Å². The number of carboxylic acid groups (broad SMARTS) is 1. The molecule has 0 spiro atoms. The highest BCUT2D eigenvalue weighted by molar-refractivity contribution is 7.90. The Morgan fingerprint density at radius 2 is 2.11 bits per heavy atom. The number of benzene rings is 1. The summed E-state index contributed by atoms with van der Waals surface area (Å²) in [6.07, 6.45) is 2.15. The van der Waals surface area contributed by atoms with Gasteiger partial charge in [-0.15, -0.1) is 0 Å². The summed E-state index contributed by atoms with van der Waals surface area (Å²) in [5.41, 5.74) is 0.534. The van der Waals surface area contributed by atoms with Crippen LogP contribution in [-0.4, -0.2) is 32.4 Å². The van der Waals surface area contributed by atoms with Gasteiger partial charge in [-0.05, 0) is 30.7 Å². The number of hydrogen-bond acceptors (Lipinski definition) is 4. The lowest BCUT2D eigenvalue weighted by molar-refractivity contribution is -0.131. The van der Waals surface area contributed by atoms with Crippen molar-refractivity contribution in [3.05, 3.63) is 35.9 Å². The first kappa shape index (κ1) is 14.2. The van der Waals surface area contributed by atoms with Gasteiger partial charge in [-0.25, -0.2) is 13.2 Å². The highest BCUT2D eigenvalue weighted by atomic mass is 32.2. The molecule has 0 aliphatic rings. The van der Waals surface area contributed by atoms with E-state index in [0.29, 0.717) is 11.3 Å². The SMILES string of the molecule is CC(=CC(=O)O)COc1cccc(S(C)(=O)=O)c1. The molecule has 0 amide bonds. The Morgan fingerprint density at radius 3 is 2.67 bits per heavy atom. The fraction of sp³-hybridized carbons (Fsp3) is 0.250. The standard InChI is InChI=1S/C12H14O5S/c1-9(6-12(13)14)8-17-10-4-3-5-11(7-10)18(2,15)16/h3-7H,8H2,1-2H3,(H,13,14). The summed E-state index contributed by atoms with van der Waals surface area (Å²) in [5, 5.41) is 8.52. The fourth-order valence-electron chi connectivity index (χ4n) is 1.24. The summed E-state index contributed by atoms with van der Waals surface area (Å²) in [6.45, 7) is 1.72. The van der Waals surface area contributed by atoms with Crippen LogP contribution in [0.2, 0.25) is 0 Å². The average molecular weight is 270 g/mol. The third-order valence-corrected chi connectivity index (χ3v) is 3.18. The second-order valence-electron chi connectivity index (χ2n) is 3.86. The van der Waals surface area contributed by atoms with Crippen LogP contribution in [0.4, 0.5) is 0 Å². The number of sulfone groups is 1. The summed E-state index contributed by atoms with van der Waals surface area (Å²) >= 11 is 0. The minimum absolute atomic E-state index is 0.0967. The van der Waals surface area contributed by atoms with Crippen LogP contribution in [0.15, 0.2) is 40.8 Å². The van der Waals surface area contributed by atoms with Crippen LogP contribution in [0, 0.1) is 0 Å². The maximum atomic E-state index is 11.3. The van der Waals surface area contributed by atoms with Crippen LogP contribution < -0.4 is 4.74 Å². The predicted octanol–water partition coefficient (Wildman–Crippen LogP) is 1.50. The van der Waals surface area contributed by atoms with E-state index >= 15 is 0 Å². The van der Waals surface area contributed by atoms with Gasteiger partial charge in [0.2, 0.25) is 0 Å². The maximum Gasteiger partial charge on any atom is 0.328 e. The van der Waals surface area contributed by atoms with Crippen molar-refractivity contribution in [2.75, 3.05) is 12.9 Å². The first-order chi connectivity index (χ1) is 8.29. The molecule has 1 aromatic carbocycles. The van der Waals surface area contributed by atoms with E-state index in [9.17, 15) is 13.2 Å². The molecule has 0 fully saturated rings. The molecule has 1 rings (SSSR count). The van der Waals surface area contributed by atoms with Crippen LogP contribution in [0.25, 0.3) is 0 Å². The van der Waals surface area contributed by atoms with Crippen molar-refractivity contribution < 1.29 is 23.1 Å². The van der Waals surface area contributed by atoms with Crippen LogP contribution in [-0.2, 0) is 14.6 Å². The third-order valence-electron chi connectivity index (χ3n) is 2.07. The lowest BCUT2D eigenvalue weighted by Crippen LogP contribution is -2.03. The number of carboxylic acids is 1. The van der Waals surface area contributed by atoms with Gasteiger partial charge in [-0.3, -0.25) is 0 Å². The molecule has 0 aromatic heterocycles. The molecule has 0 radical (unpaired) electrons. The van der Waals surface area contributed by atoms with Crippen molar-refractivity contribution in [1.29, 1.82) is 0 Å². The summed E-state index contributed by atoms with van der Waals surface area (Å²) < 4.78 is 28.0. The Bertz CT molecular complexity index is 572. The van der Waals surface area contributed by atoms with Gasteiger partial charge in [0.15, 0.2) is 9.84 Å². The normalized spacial score (nSPS) is 12.2. The van der Waals surface area contributed by atoms with Crippen molar-refractivity contribution >= 4 is 15.8 Å². The monoisotopic (exact) mass is 270 g/mol. The van der Waals surface area contributed by atoms with E-state index in [0.717, 1.165) is 12.3 Å². The number of hydrogen-bond donors (Lipinski definition) is 1. The quantitative estimate of drug-likeness (QED) is 0.820. The van der Waals surface area contributed by atoms with Crippen molar-refractivity contribution in [3.8, 4) is 5.75 Å². The zero-order valence-corrected chi connectivity index (χ0v) is 10.9. The van der Waals surface area contributed by atoms with E-state index in [-0.39, 0.29) is 11.5 Å². The summed E-state index contributed by atoms with van der Waals surface area (Å²) in [4.78, 5) is 10.6. The number of aliphatic carboxylic acids is 1. The first-order valence-electron chi connectivity index (χ1n) is 5.12. The third kappa shape index (κ3) is 4.58. The molecule has 0 aliphatic heterocycles. The molecule has 5 nitrogen and oxygen atoms in total. The Kier molecular flexibility index (Phi) is 4.49. The van der Waals surface area contributed by atoms with Crippen LogP contribution in [0.5, 0.6) is 5.75 Å². The zero-order chi connectivity index (χ0) is 13.8. The van der Waals surface area contributed by atoms with Crippen molar-refractivity contribution in [2.45, 2.75) is 11.8 Å². The molecule has 1 N–H and O–H groups in total. The summed E-state index contributed by atoms with van der Waals surface area (Å²) in [6, 6.07) is 6.07. The van der Waals surface area contributed by atoms with E-state index in [2.05, 4.69) is 0 Å². The number of ether oxygens (including phenoxy) is 1. The van der Waals surface area contributed by atoms with Gasteiger partial charge in [0, 0.05) is 12.3 Å². The van der Waals surface area contributed by atoms with E-state index in [1.54, 1.807) is 19.1 Å². The van der Waals surface area contributed by atoms with Gasteiger partial charge < -0.3 is 9.84 Å². The summed E-state index contributed by atoms with van der Waals surface area (Å²) in [5.74, 6) is -0.656. The molecule has 0 saturated carbocycles. The maximum absolute atomic E-state index is 11.3. The van der Waals surface area contributed by atoms with Crippen LogP contribution in [0.1, 0.15) is 6.92 Å². The lowest BCUT2D eigenvalue weighted by atomic mass is 10.3. The van der Waals surface area contributed by atoms with Crippen molar-refractivity contribution in [1.82, 2.24) is 0 Å². The lowest BCUT2D eigenvalue weighted by Gasteiger charge is -2.07. The van der Waals surface area contributed by atoms with E-state index in [1.807, 2.05) is 0 Å². The second-order valence-corrected chi connectivity index (χ2v) is 5.88. The molecule has 98 valence electrons. The zero-order valence-electron chi connectivity index (χ0n) is 10.1. The minimum Gasteiger partial charge on any atom is -0.489 e. The Labute approximate surface area is 106 Å². The van der Waals surface area contributed by atoms with Crippen molar-refractivity contribution in [3.63, 3.8) is 0 Å². The highest BCUT2D eigenvalue weighted by Crippen LogP contribution is 2.17. The molecule has 0 unspecified atom stereocenters. The van der Waals surface area contributed by atoms with Crippen LogP contribution >= 0.6 is 0 Å². The Hall–Kier alpha value is -1.82. The van der Waals surface area contributed by atoms with E-state index in [1.165, 1.54) is 12.1 Å². The predicted molar refractivity (Wildman–Crippen MR) is 66.4 cm³/mol. The van der Waals surface area contributed by atoms with Gasteiger partial charge >= 0.3 is 5.97 Å². The molecular weight excluding hydrogens is 256 g/mol. The topological polar surface area (TPSA) is 80.7 Å². The van der Waals surface area contributed by atoms with Gasteiger partial charge in [-0.2, -0.15) is 0 Å². The van der Waals surface area contributed by atoms with E-state index in [4.69, 9.17) is 9.84 Å². The molecule has 1 aromatic rings. The van der Waals surface area contributed by atoms with Gasteiger partial charge in [0.25, 0.3) is 0 Å². The average Bonchev–Trinajstić information content (AvgIpc) is 2.25. The largest absolute Gasteiger partial charge is 0.489 e. The molecule has 0 saturated heterocycles. The molecule has 0 heterocycles. The molecule has 6 heteroatoms. The van der Waals surface area contributed by atoms with Gasteiger partial charge in [0.1, 0.15) is 12.4 Å². The van der Waals surface area contributed by atoms with Crippen molar-refractivity contribution in [2.24, 2.45) is 0 Å². The molecule has 0 bridgehead atoms. The highest BCUT2D eigenvalue weighted by Gasteiger charge is 2.07. The second kappa shape index (κ2) is 5.68. The molecular formula is C12H14O5S. The van der Waals surface area contributed by atoms with Gasteiger partial charge in [-0.1, -0.05) is 6.07 Å². The molecule has 18 heavy (non-hydrogen) atoms. The Balaban J connectivity index is 2.78. The number of rotatable bonds is 5. The molecule has 0 aliphatic carbocycles. The smallest absolute Gasteiger partial charge is 0.328 e. The van der Waals surface area contributed by atoms with E-state index < -0.39 is 15.8 Å². The van der Waals surface area contributed by atoms with Crippen LogP contribution in [0.3, 0.4) is 0 Å². The minimum atomic E-state index is -3.27.